The van der Waals surface area contributed by atoms with Crippen LogP contribution in [-0.4, -0.2) is 60.8 Å². The van der Waals surface area contributed by atoms with Crippen molar-refractivity contribution < 1.29 is 4.74 Å². The lowest BCUT2D eigenvalue weighted by atomic mass is 9.85. The van der Waals surface area contributed by atoms with Gasteiger partial charge >= 0.3 is 0 Å². The van der Waals surface area contributed by atoms with Gasteiger partial charge in [0, 0.05) is 54.7 Å². The highest BCUT2D eigenvalue weighted by Gasteiger charge is 2.40. The van der Waals surface area contributed by atoms with Crippen LogP contribution >= 0.6 is 11.8 Å². The zero-order valence-electron chi connectivity index (χ0n) is 12.4. The third kappa shape index (κ3) is 3.46. The number of hydrogen-bond donors (Lipinski definition) is 1. The van der Waals surface area contributed by atoms with E-state index in [1.54, 1.807) is 0 Å². The Morgan fingerprint density at radius 2 is 2.21 bits per heavy atom. The van der Waals surface area contributed by atoms with Crippen molar-refractivity contribution in [3.63, 3.8) is 0 Å². The lowest BCUT2D eigenvalue weighted by Gasteiger charge is -2.42. The van der Waals surface area contributed by atoms with Crippen LogP contribution in [0.2, 0.25) is 0 Å². The van der Waals surface area contributed by atoms with Crippen LogP contribution in [0.3, 0.4) is 0 Å². The lowest BCUT2D eigenvalue weighted by Crippen LogP contribution is -2.52. The molecule has 3 nitrogen and oxygen atoms in total. The monoisotopic (exact) mass is 284 g/mol. The number of ether oxygens (including phenoxy) is 1. The van der Waals surface area contributed by atoms with Crippen LogP contribution in [0.5, 0.6) is 0 Å². The Kier molecular flexibility index (Phi) is 4.42. The molecule has 1 N–H and O–H groups in total. The van der Waals surface area contributed by atoms with Crippen LogP contribution in [-0.2, 0) is 4.74 Å². The highest BCUT2D eigenvalue weighted by atomic mass is 32.2. The number of nitrogens with one attached hydrogen (secondary N) is 1. The molecule has 0 aromatic heterocycles. The van der Waals surface area contributed by atoms with E-state index < -0.39 is 0 Å². The maximum absolute atomic E-state index is 5.74. The fourth-order valence-corrected chi connectivity index (χ4v) is 4.43. The number of nitrogens with zero attached hydrogens (tertiary/aromatic N) is 1. The van der Waals surface area contributed by atoms with Gasteiger partial charge in [-0.2, -0.15) is 11.8 Å². The van der Waals surface area contributed by atoms with Gasteiger partial charge in [0.05, 0.1) is 6.61 Å². The minimum Gasteiger partial charge on any atom is -0.381 e. The van der Waals surface area contributed by atoms with Crippen LogP contribution in [0.15, 0.2) is 0 Å². The maximum Gasteiger partial charge on any atom is 0.0547 e. The minimum absolute atomic E-state index is 0.374. The Morgan fingerprint density at radius 3 is 2.89 bits per heavy atom. The van der Waals surface area contributed by atoms with Gasteiger partial charge in [0.2, 0.25) is 0 Å². The Labute approximate surface area is 121 Å². The molecule has 2 saturated heterocycles. The molecule has 3 rings (SSSR count). The van der Waals surface area contributed by atoms with E-state index in [4.69, 9.17) is 4.74 Å². The SMILES string of the molecule is CC1SCCN(CC2(CNC3CC3)CCOC2)C1C. The van der Waals surface area contributed by atoms with E-state index >= 15 is 0 Å². The van der Waals surface area contributed by atoms with Gasteiger partial charge in [0.1, 0.15) is 0 Å². The quantitative estimate of drug-likeness (QED) is 0.834. The summed E-state index contributed by atoms with van der Waals surface area (Å²) in [6.07, 6.45) is 3.99. The fourth-order valence-electron chi connectivity index (χ4n) is 3.27. The van der Waals surface area contributed by atoms with Crippen molar-refractivity contribution in [3.8, 4) is 0 Å². The van der Waals surface area contributed by atoms with Gasteiger partial charge in [0.25, 0.3) is 0 Å². The Balaban J connectivity index is 1.59. The third-order valence-corrected chi connectivity index (χ3v) is 6.42. The molecular weight excluding hydrogens is 256 g/mol. The second-order valence-corrected chi connectivity index (χ2v) is 8.23. The van der Waals surface area contributed by atoms with E-state index in [0.29, 0.717) is 11.5 Å². The van der Waals surface area contributed by atoms with Gasteiger partial charge in [-0.3, -0.25) is 4.90 Å². The minimum atomic E-state index is 0.374. The molecule has 3 unspecified atom stereocenters. The Morgan fingerprint density at radius 1 is 1.37 bits per heavy atom. The number of thioether (sulfide) groups is 1. The molecule has 0 spiro atoms. The zero-order valence-corrected chi connectivity index (χ0v) is 13.2. The van der Waals surface area contributed by atoms with E-state index in [2.05, 4.69) is 35.8 Å². The van der Waals surface area contributed by atoms with Crippen molar-refractivity contribution in [2.45, 2.75) is 50.4 Å². The van der Waals surface area contributed by atoms with Crippen LogP contribution in [0.4, 0.5) is 0 Å². The van der Waals surface area contributed by atoms with Crippen LogP contribution in [0.1, 0.15) is 33.1 Å². The van der Waals surface area contributed by atoms with E-state index in [1.807, 2.05) is 0 Å². The smallest absolute Gasteiger partial charge is 0.0547 e. The molecule has 3 atom stereocenters. The third-order valence-electron chi connectivity index (χ3n) is 5.08. The van der Waals surface area contributed by atoms with Crippen molar-refractivity contribution in [1.82, 2.24) is 10.2 Å². The van der Waals surface area contributed by atoms with Crippen molar-refractivity contribution in [2.24, 2.45) is 5.41 Å². The molecule has 0 aromatic rings. The maximum atomic E-state index is 5.74. The highest BCUT2D eigenvalue weighted by molar-refractivity contribution is 8.00. The molecule has 2 heterocycles. The number of rotatable bonds is 5. The van der Waals surface area contributed by atoms with Gasteiger partial charge in [-0.25, -0.2) is 0 Å². The van der Waals surface area contributed by atoms with Gasteiger partial charge in [0.15, 0.2) is 0 Å². The molecule has 1 saturated carbocycles. The van der Waals surface area contributed by atoms with Gasteiger partial charge < -0.3 is 10.1 Å². The predicted molar refractivity (Wildman–Crippen MR) is 81.8 cm³/mol. The standard InChI is InChI=1S/C15H28N2OS/c1-12-13(2)19-8-6-17(12)10-15(5-7-18-11-15)9-16-14-3-4-14/h12-14,16H,3-11H2,1-2H3. The lowest BCUT2D eigenvalue weighted by molar-refractivity contribution is 0.0902. The summed E-state index contributed by atoms with van der Waals surface area (Å²) in [7, 11) is 0. The van der Waals surface area contributed by atoms with Crippen molar-refractivity contribution in [1.29, 1.82) is 0 Å². The summed E-state index contributed by atoms with van der Waals surface area (Å²) in [6, 6.07) is 1.52. The van der Waals surface area contributed by atoms with Crippen molar-refractivity contribution in [3.05, 3.63) is 0 Å². The summed E-state index contributed by atoms with van der Waals surface area (Å²) in [5.41, 5.74) is 0.374. The van der Waals surface area contributed by atoms with Gasteiger partial charge in [-0.15, -0.1) is 0 Å². The summed E-state index contributed by atoms with van der Waals surface area (Å²) < 4.78 is 5.74. The summed E-state index contributed by atoms with van der Waals surface area (Å²) in [4.78, 5) is 2.71. The predicted octanol–water partition coefficient (Wildman–Crippen LogP) is 1.97. The van der Waals surface area contributed by atoms with E-state index in [-0.39, 0.29) is 0 Å². The summed E-state index contributed by atoms with van der Waals surface area (Å²) >= 11 is 2.13. The topological polar surface area (TPSA) is 24.5 Å². The van der Waals surface area contributed by atoms with Crippen molar-refractivity contribution in [2.75, 3.05) is 38.6 Å². The van der Waals surface area contributed by atoms with E-state index in [9.17, 15) is 0 Å². The summed E-state index contributed by atoms with van der Waals surface area (Å²) in [6.45, 7) is 10.3. The summed E-state index contributed by atoms with van der Waals surface area (Å²) in [5.74, 6) is 1.29. The molecular formula is C15H28N2OS. The normalized spacial score (nSPS) is 40.7. The average molecular weight is 284 g/mol. The first kappa shape index (κ1) is 14.2. The first-order valence-corrected chi connectivity index (χ1v) is 8.90. The molecule has 110 valence electrons. The summed E-state index contributed by atoms with van der Waals surface area (Å²) in [5, 5.41) is 4.51. The van der Waals surface area contributed by atoms with Crippen LogP contribution in [0, 0.1) is 5.41 Å². The van der Waals surface area contributed by atoms with Gasteiger partial charge in [-0.05, 0) is 26.2 Å². The molecule has 0 aromatic carbocycles. The van der Waals surface area contributed by atoms with Crippen LogP contribution in [0.25, 0.3) is 0 Å². The highest BCUT2D eigenvalue weighted by Crippen LogP contribution is 2.34. The second-order valence-electron chi connectivity index (χ2n) is 6.74. The Hall–Kier alpha value is 0.230. The second kappa shape index (κ2) is 5.92. The van der Waals surface area contributed by atoms with Crippen LogP contribution < -0.4 is 5.32 Å². The average Bonchev–Trinajstić information content (AvgIpc) is 3.13. The molecule has 0 amide bonds. The van der Waals surface area contributed by atoms with E-state index in [1.165, 1.54) is 38.1 Å². The molecule has 4 heteroatoms. The largest absolute Gasteiger partial charge is 0.381 e. The first-order valence-electron chi connectivity index (χ1n) is 7.85. The number of hydrogen-bond acceptors (Lipinski definition) is 4. The molecule has 3 fully saturated rings. The zero-order chi connectivity index (χ0) is 13.3. The molecule has 19 heavy (non-hydrogen) atoms. The van der Waals surface area contributed by atoms with E-state index in [0.717, 1.165) is 31.1 Å². The molecule has 1 aliphatic carbocycles. The molecule has 3 aliphatic rings. The van der Waals surface area contributed by atoms with Gasteiger partial charge in [-0.1, -0.05) is 6.92 Å². The molecule has 0 radical (unpaired) electrons. The fraction of sp³-hybridized carbons (Fsp3) is 1.00. The molecule has 0 bridgehead atoms. The van der Waals surface area contributed by atoms with Crippen molar-refractivity contribution >= 4 is 11.8 Å². The molecule has 2 aliphatic heterocycles. The Bertz CT molecular complexity index is 303. The first-order chi connectivity index (χ1) is 9.19.